The molecule has 2 aromatic rings. The molecule has 1 aromatic heterocycles. The van der Waals surface area contributed by atoms with Crippen LogP contribution in [0.15, 0.2) is 40.0 Å². The van der Waals surface area contributed by atoms with Gasteiger partial charge in [0, 0.05) is 20.1 Å². The zero-order valence-electron chi connectivity index (χ0n) is 11.4. The highest BCUT2D eigenvalue weighted by atomic mass is 127. The molecule has 21 heavy (non-hydrogen) atoms. The van der Waals surface area contributed by atoms with Crippen LogP contribution in [0.1, 0.15) is 11.1 Å². The molecule has 0 aliphatic rings. The first kappa shape index (κ1) is 18.2. The molecular formula is C14H16ClFIN3S. The number of thiophene rings is 1. The molecule has 0 bridgehead atoms. The van der Waals surface area contributed by atoms with Crippen molar-refractivity contribution in [3.05, 3.63) is 57.0 Å². The van der Waals surface area contributed by atoms with Crippen molar-refractivity contribution in [2.24, 2.45) is 4.99 Å². The molecule has 0 fully saturated rings. The summed E-state index contributed by atoms with van der Waals surface area (Å²) in [5, 5.41) is 10.6. The zero-order valence-corrected chi connectivity index (χ0v) is 15.3. The monoisotopic (exact) mass is 439 g/mol. The van der Waals surface area contributed by atoms with Crippen molar-refractivity contribution in [2.75, 3.05) is 7.05 Å². The van der Waals surface area contributed by atoms with E-state index in [2.05, 4.69) is 27.1 Å². The van der Waals surface area contributed by atoms with Crippen molar-refractivity contribution in [3.63, 3.8) is 0 Å². The van der Waals surface area contributed by atoms with Gasteiger partial charge in [-0.25, -0.2) is 4.39 Å². The van der Waals surface area contributed by atoms with E-state index in [9.17, 15) is 4.39 Å². The van der Waals surface area contributed by atoms with E-state index < -0.39 is 5.82 Å². The summed E-state index contributed by atoms with van der Waals surface area (Å²) in [6.07, 6.45) is 0. The topological polar surface area (TPSA) is 36.4 Å². The Balaban J connectivity index is 0.00000220. The van der Waals surface area contributed by atoms with Crippen LogP contribution in [0.25, 0.3) is 0 Å². The number of benzene rings is 1. The fourth-order valence-electron chi connectivity index (χ4n) is 1.64. The quantitative estimate of drug-likeness (QED) is 0.429. The van der Waals surface area contributed by atoms with Gasteiger partial charge < -0.3 is 10.6 Å². The van der Waals surface area contributed by atoms with Crippen LogP contribution < -0.4 is 10.6 Å². The zero-order chi connectivity index (χ0) is 14.4. The lowest BCUT2D eigenvalue weighted by Gasteiger charge is -2.11. The van der Waals surface area contributed by atoms with Gasteiger partial charge in [-0.3, -0.25) is 4.99 Å². The second-order valence-corrected chi connectivity index (χ2v) is 5.35. The van der Waals surface area contributed by atoms with Gasteiger partial charge in [0.15, 0.2) is 5.96 Å². The molecular weight excluding hydrogens is 424 g/mol. The molecule has 1 aromatic carbocycles. The van der Waals surface area contributed by atoms with Gasteiger partial charge in [-0.2, -0.15) is 11.3 Å². The maximum atomic E-state index is 13.1. The second kappa shape index (κ2) is 9.22. The summed E-state index contributed by atoms with van der Waals surface area (Å²) in [7, 11) is 1.71. The van der Waals surface area contributed by atoms with E-state index in [0.29, 0.717) is 19.0 Å². The number of nitrogens with zero attached hydrogens (tertiary/aromatic N) is 1. The summed E-state index contributed by atoms with van der Waals surface area (Å²) in [6, 6.07) is 6.72. The van der Waals surface area contributed by atoms with E-state index in [1.807, 2.05) is 5.38 Å². The maximum absolute atomic E-state index is 13.1. The molecule has 0 atom stereocenters. The van der Waals surface area contributed by atoms with E-state index in [0.717, 1.165) is 5.56 Å². The van der Waals surface area contributed by atoms with E-state index in [1.54, 1.807) is 30.5 Å². The number of hydrogen-bond acceptors (Lipinski definition) is 2. The van der Waals surface area contributed by atoms with E-state index in [1.165, 1.54) is 11.6 Å². The second-order valence-electron chi connectivity index (χ2n) is 4.16. The molecule has 114 valence electrons. The first-order valence-corrected chi connectivity index (χ1v) is 7.40. The molecule has 0 aliphatic heterocycles. The smallest absolute Gasteiger partial charge is 0.191 e. The van der Waals surface area contributed by atoms with Gasteiger partial charge in [0.25, 0.3) is 0 Å². The molecule has 3 nitrogen and oxygen atoms in total. The molecule has 2 N–H and O–H groups in total. The van der Waals surface area contributed by atoms with Crippen LogP contribution in [-0.2, 0) is 13.1 Å². The number of rotatable bonds is 4. The van der Waals surface area contributed by atoms with Gasteiger partial charge in [-0.05, 0) is 40.1 Å². The standard InChI is InChI=1S/C14H15ClFN3S.HI/c1-17-14(19-8-11-4-5-20-9-11)18-7-10-2-3-13(16)12(15)6-10;/h2-6,9H,7-8H2,1H3,(H2,17,18,19);1H. The molecule has 7 heteroatoms. The lowest BCUT2D eigenvalue weighted by Crippen LogP contribution is -2.36. The van der Waals surface area contributed by atoms with Crippen LogP contribution in [0.5, 0.6) is 0 Å². The predicted octanol–water partition coefficient (Wildman–Crippen LogP) is 4.02. The minimum atomic E-state index is -0.407. The predicted molar refractivity (Wildman–Crippen MR) is 98.2 cm³/mol. The molecule has 2 rings (SSSR count). The Morgan fingerprint density at radius 1 is 1.24 bits per heavy atom. The Labute approximate surface area is 149 Å². The Bertz CT molecular complexity index is 590. The summed E-state index contributed by atoms with van der Waals surface area (Å²) >= 11 is 7.41. The fourth-order valence-corrected chi connectivity index (χ4v) is 2.51. The van der Waals surface area contributed by atoms with E-state index >= 15 is 0 Å². The van der Waals surface area contributed by atoms with Crippen molar-refractivity contribution in [1.82, 2.24) is 10.6 Å². The van der Waals surface area contributed by atoms with Gasteiger partial charge in [-0.1, -0.05) is 17.7 Å². The third-order valence-electron chi connectivity index (χ3n) is 2.71. The minimum absolute atomic E-state index is 0. The van der Waals surface area contributed by atoms with Crippen molar-refractivity contribution in [2.45, 2.75) is 13.1 Å². The number of nitrogens with one attached hydrogen (secondary N) is 2. The lowest BCUT2D eigenvalue weighted by molar-refractivity contribution is 0.627. The Morgan fingerprint density at radius 3 is 2.52 bits per heavy atom. The van der Waals surface area contributed by atoms with Crippen LogP contribution in [0.3, 0.4) is 0 Å². The summed E-state index contributed by atoms with van der Waals surface area (Å²) < 4.78 is 13.1. The molecule has 0 amide bonds. The normalized spacial score (nSPS) is 10.9. The Kier molecular flexibility index (Phi) is 7.98. The summed E-state index contributed by atoms with van der Waals surface area (Å²) in [5.41, 5.74) is 2.11. The third-order valence-corrected chi connectivity index (χ3v) is 3.73. The number of aliphatic imine (C=N–C) groups is 1. The molecule has 0 saturated heterocycles. The first-order valence-electron chi connectivity index (χ1n) is 6.08. The summed E-state index contributed by atoms with van der Waals surface area (Å²) in [6.45, 7) is 1.25. The molecule has 0 unspecified atom stereocenters. The fraction of sp³-hybridized carbons (Fsp3) is 0.214. The van der Waals surface area contributed by atoms with Crippen LogP contribution in [0, 0.1) is 5.82 Å². The van der Waals surface area contributed by atoms with Gasteiger partial charge >= 0.3 is 0 Å². The van der Waals surface area contributed by atoms with Gasteiger partial charge in [-0.15, -0.1) is 24.0 Å². The van der Waals surface area contributed by atoms with Crippen LogP contribution in [0.4, 0.5) is 4.39 Å². The van der Waals surface area contributed by atoms with Crippen LogP contribution in [0.2, 0.25) is 5.02 Å². The minimum Gasteiger partial charge on any atom is -0.352 e. The van der Waals surface area contributed by atoms with Crippen LogP contribution >= 0.6 is 46.9 Å². The number of hydrogen-bond donors (Lipinski definition) is 2. The SMILES string of the molecule is CN=C(NCc1ccsc1)NCc1ccc(F)c(Cl)c1.I. The van der Waals surface area contributed by atoms with E-state index in [-0.39, 0.29) is 29.0 Å². The Hall–Kier alpha value is -0.860. The molecule has 0 radical (unpaired) electrons. The summed E-state index contributed by atoms with van der Waals surface area (Å²) in [4.78, 5) is 4.13. The molecule has 0 spiro atoms. The maximum Gasteiger partial charge on any atom is 0.191 e. The number of halogens is 3. The first-order chi connectivity index (χ1) is 9.69. The summed E-state index contributed by atoms with van der Waals surface area (Å²) in [5.74, 6) is 0.284. The number of guanidine groups is 1. The molecule has 1 heterocycles. The molecule has 0 aliphatic carbocycles. The van der Waals surface area contributed by atoms with Crippen molar-refractivity contribution in [1.29, 1.82) is 0 Å². The van der Waals surface area contributed by atoms with Gasteiger partial charge in [0.2, 0.25) is 0 Å². The third kappa shape index (κ3) is 5.80. The Morgan fingerprint density at radius 2 is 1.95 bits per heavy atom. The van der Waals surface area contributed by atoms with Crippen LogP contribution in [-0.4, -0.2) is 13.0 Å². The van der Waals surface area contributed by atoms with Crippen molar-refractivity contribution in [3.8, 4) is 0 Å². The molecule has 0 saturated carbocycles. The van der Waals surface area contributed by atoms with Gasteiger partial charge in [0.05, 0.1) is 5.02 Å². The largest absolute Gasteiger partial charge is 0.352 e. The average molecular weight is 440 g/mol. The highest BCUT2D eigenvalue weighted by Crippen LogP contribution is 2.15. The van der Waals surface area contributed by atoms with E-state index in [4.69, 9.17) is 11.6 Å². The highest BCUT2D eigenvalue weighted by molar-refractivity contribution is 14.0. The highest BCUT2D eigenvalue weighted by Gasteiger charge is 2.02. The van der Waals surface area contributed by atoms with Crippen molar-refractivity contribution < 1.29 is 4.39 Å². The van der Waals surface area contributed by atoms with Crippen molar-refractivity contribution >= 4 is 52.9 Å². The average Bonchev–Trinajstić information content (AvgIpc) is 2.96. The lowest BCUT2D eigenvalue weighted by atomic mass is 10.2. The van der Waals surface area contributed by atoms with Gasteiger partial charge in [0.1, 0.15) is 5.82 Å².